The van der Waals surface area contributed by atoms with E-state index in [1.807, 2.05) is 30.3 Å². The number of ether oxygens (including phenoxy) is 1. The highest BCUT2D eigenvalue weighted by Gasteiger charge is 2.47. The number of benzene rings is 2. The fourth-order valence-corrected chi connectivity index (χ4v) is 4.16. The van der Waals surface area contributed by atoms with Gasteiger partial charge in [-0.05, 0) is 68.3 Å². The van der Waals surface area contributed by atoms with Crippen LogP contribution in [0.15, 0.2) is 54.1 Å². The largest absolute Gasteiger partial charge is 0.497 e. The standard InChI is InChI=1S/C23H29NO2/c1-17-8-5-6-11-22(17)23(25)19(12-13-20(23)16-24(2)3)14-18-9-7-10-21(15-18)26-4/h5-11,14-15,20,25H,12-13,16H2,1-4H3. The van der Waals surface area contributed by atoms with E-state index >= 15 is 0 Å². The molecular formula is C23H29NO2. The van der Waals surface area contributed by atoms with Crippen molar-refractivity contribution in [1.82, 2.24) is 4.90 Å². The Morgan fingerprint density at radius 3 is 2.65 bits per heavy atom. The van der Waals surface area contributed by atoms with E-state index < -0.39 is 5.60 Å². The summed E-state index contributed by atoms with van der Waals surface area (Å²) >= 11 is 0. The Morgan fingerprint density at radius 2 is 1.96 bits per heavy atom. The Labute approximate surface area is 156 Å². The van der Waals surface area contributed by atoms with Gasteiger partial charge in [0.25, 0.3) is 0 Å². The van der Waals surface area contributed by atoms with Crippen molar-refractivity contribution in [2.75, 3.05) is 27.7 Å². The summed E-state index contributed by atoms with van der Waals surface area (Å²) in [5.74, 6) is 1.01. The number of nitrogens with zero attached hydrogens (tertiary/aromatic N) is 1. The average Bonchev–Trinajstić information content (AvgIpc) is 2.92. The van der Waals surface area contributed by atoms with Crippen LogP contribution in [0.1, 0.15) is 29.5 Å². The lowest BCUT2D eigenvalue weighted by atomic mass is 9.78. The number of aliphatic hydroxyl groups is 1. The third kappa shape index (κ3) is 3.55. The quantitative estimate of drug-likeness (QED) is 0.874. The van der Waals surface area contributed by atoms with Gasteiger partial charge in [0.15, 0.2) is 0 Å². The van der Waals surface area contributed by atoms with Crippen LogP contribution in [0.3, 0.4) is 0 Å². The summed E-state index contributed by atoms with van der Waals surface area (Å²) in [7, 11) is 5.82. The van der Waals surface area contributed by atoms with Crippen molar-refractivity contribution < 1.29 is 9.84 Å². The van der Waals surface area contributed by atoms with Crippen LogP contribution < -0.4 is 4.74 Å². The van der Waals surface area contributed by atoms with Crippen molar-refractivity contribution in [3.63, 3.8) is 0 Å². The summed E-state index contributed by atoms with van der Waals surface area (Å²) in [6.07, 6.45) is 4.03. The zero-order valence-corrected chi connectivity index (χ0v) is 16.2. The first kappa shape index (κ1) is 18.7. The molecule has 1 N–H and O–H groups in total. The zero-order valence-electron chi connectivity index (χ0n) is 16.2. The van der Waals surface area contributed by atoms with Crippen LogP contribution in [0.4, 0.5) is 0 Å². The SMILES string of the molecule is COc1cccc(C=C2CCC(CN(C)C)C2(O)c2ccccc2C)c1. The molecule has 0 bridgehead atoms. The molecule has 0 saturated heterocycles. The first-order valence-electron chi connectivity index (χ1n) is 9.23. The summed E-state index contributed by atoms with van der Waals surface area (Å²) in [5, 5.41) is 12.0. The maximum atomic E-state index is 12.0. The van der Waals surface area contributed by atoms with Gasteiger partial charge in [0.2, 0.25) is 0 Å². The molecule has 1 aliphatic rings. The van der Waals surface area contributed by atoms with Crippen LogP contribution in [-0.4, -0.2) is 37.8 Å². The van der Waals surface area contributed by atoms with Gasteiger partial charge in [-0.3, -0.25) is 0 Å². The summed E-state index contributed by atoms with van der Waals surface area (Å²) in [6, 6.07) is 16.2. The Bertz CT molecular complexity index is 796. The van der Waals surface area contributed by atoms with Crippen LogP contribution in [0.25, 0.3) is 6.08 Å². The zero-order chi connectivity index (χ0) is 18.7. The molecule has 1 aliphatic carbocycles. The molecule has 0 radical (unpaired) electrons. The molecule has 138 valence electrons. The van der Waals surface area contributed by atoms with Crippen molar-refractivity contribution in [2.24, 2.45) is 5.92 Å². The van der Waals surface area contributed by atoms with Crippen LogP contribution in [0.5, 0.6) is 5.75 Å². The molecule has 3 rings (SSSR count). The first-order chi connectivity index (χ1) is 12.4. The predicted molar refractivity (Wildman–Crippen MR) is 107 cm³/mol. The second-order valence-electron chi connectivity index (χ2n) is 7.53. The van der Waals surface area contributed by atoms with E-state index in [0.717, 1.165) is 47.4 Å². The molecule has 0 aliphatic heterocycles. The molecule has 3 nitrogen and oxygen atoms in total. The van der Waals surface area contributed by atoms with Crippen molar-refractivity contribution in [1.29, 1.82) is 0 Å². The van der Waals surface area contributed by atoms with Crippen molar-refractivity contribution in [3.05, 3.63) is 70.8 Å². The van der Waals surface area contributed by atoms with Gasteiger partial charge in [-0.1, -0.05) is 42.5 Å². The predicted octanol–water partition coefficient (Wildman–Crippen LogP) is 4.25. The van der Waals surface area contributed by atoms with Gasteiger partial charge in [0.05, 0.1) is 7.11 Å². The molecule has 26 heavy (non-hydrogen) atoms. The molecule has 0 aromatic heterocycles. The van der Waals surface area contributed by atoms with Gasteiger partial charge >= 0.3 is 0 Å². The van der Waals surface area contributed by atoms with E-state index in [9.17, 15) is 5.11 Å². The van der Waals surface area contributed by atoms with E-state index in [1.54, 1.807) is 7.11 Å². The van der Waals surface area contributed by atoms with E-state index in [2.05, 4.69) is 50.2 Å². The number of hydrogen-bond acceptors (Lipinski definition) is 3. The van der Waals surface area contributed by atoms with Gasteiger partial charge < -0.3 is 14.7 Å². The molecule has 0 heterocycles. The van der Waals surface area contributed by atoms with Gasteiger partial charge in [0, 0.05) is 12.5 Å². The fraction of sp³-hybridized carbons (Fsp3) is 0.391. The molecule has 0 spiro atoms. The summed E-state index contributed by atoms with van der Waals surface area (Å²) < 4.78 is 5.35. The Morgan fingerprint density at radius 1 is 1.19 bits per heavy atom. The highest BCUT2D eigenvalue weighted by atomic mass is 16.5. The third-order valence-electron chi connectivity index (χ3n) is 5.42. The summed E-state index contributed by atoms with van der Waals surface area (Å²) in [4.78, 5) is 2.17. The van der Waals surface area contributed by atoms with Gasteiger partial charge in [0.1, 0.15) is 11.4 Å². The molecule has 2 aromatic carbocycles. The Hall–Kier alpha value is -2.10. The molecule has 3 heteroatoms. The topological polar surface area (TPSA) is 32.7 Å². The maximum absolute atomic E-state index is 12.0. The van der Waals surface area contributed by atoms with Crippen LogP contribution in [0, 0.1) is 12.8 Å². The highest BCUT2D eigenvalue weighted by Crippen LogP contribution is 2.49. The second-order valence-corrected chi connectivity index (χ2v) is 7.53. The number of aryl methyl sites for hydroxylation is 1. The minimum absolute atomic E-state index is 0.176. The minimum atomic E-state index is -0.932. The maximum Gasteiger partial charge on any atom is 0.119 e. The lowest BCUT2D eigenvalue weighted by Gasteiger charge is -2.35. The molecule has 1 saturated carbocycles. The normalized spacial score (nSPS) is 24.4. The summed E-state index contributed by atoms with van der Waals surface area (Å²) in [6.45, 7) is 2.95. The number of methoxy groups -OCH3 is 1. The van der Waals surface area contributed by atoms with E-state index in [-0.39, 0.29) is 5.92 Å². The van der Waals surface area contributed by atoms with E-state index in [1.165, 1.54) is 0 Å². The Kier molecular flexibility index (Phi) is 5.49. The molecule has 2 atom stereocenters. The molecular weight excluding hydrogens is 322 g/mol. The van der Waals surface area contributed by atoms with Crippen LogP contribution in [0.2, 0.25) is 0 Å². The Balaban J connectivity index is 2.08. The first-order valence-corrected chi connectivity index (χ1v) is 9.23. The molecule has 0 amide bonds. The van der Waals surface area contributed by atoms with Gasteiger partial charge in [-0.25, -0.2) is 0 Å². The minimum Gasteiger partial charge on any atom is -0.497 e. The van der Waals surface area contributed by atoms with Crippen molar-refractivity contribution in [3.8, 4) is 5.75 Å². The second kappa shape index (κ2) is 7.65. The van der Waals surface area contributed by atoms with Crippen molar-refractivity contribution >= 4 is 6.08 Å². The van der Waals surface area contributed by atoms with E-state index in [4.69, 9.17) is 4.74 Å². The highest BCUT2D eigenvalue weighted by molar-refractivity contribution is 5.60. The van der Waals surface area contributed by atoms with Crippen LogP contribution >= 0.6 is 0 Å². The number of hydrogen-bond donors (Lipinski definition) is 1. The van der Waals surface area contributed by atoms with Gasteiger partial charge in [-0.15, -0.1) is 0 Å². The summed E-state index contributed by atoms with van der Waals surface area (Å²) in [5.41, 5.74) is 3.39. The smallest absolute Gasteiger partial charge is 0.119 e. The molecule has 2 aromatic rings. The number of rotatable bonds is 5. The third-order valence-corrected chi connectivity index (χ3v) is 5.42. The molecule has 1 fully saturated rings. The lowest BCUT2D eigenvalue weighted by molar-refractivity contribution is 0.0211. The van der Waals surface area contributed by atoms with Gasteiger partial charge in [-0.2, -0.15) is 0 Å². The van der Waals surface area contributed by atoms with Crippen molar-refractivity contribution in [2.45, 2.75) is 25.4 Å². The lowest BCUT2D eigenvalue weighted by Crippen LogP contribution is -2.38. The fourth-order valence-electron chi connectivity index (χ4n) is 4.16. The van der Waals surface area contributed by atoms with Crippen LogP contribution in [-0.2, 0) is 5.60 Å². The monoisotopic (exact) mass is 351 g/mol. The molecule has 2 unspecified atom stereocenters. The average molecular weight is 351 g/mol. The van der Waals surface area contributed by atoms with E-state index in [0.29, 0.717) is 0 Å².